The Labute approximate surface area is 143 Å². The number of hydrogen-bond donors (Lipinski definition) is 4. The Balaban J connectivity index is 2.07. The van der Waals surface area contributed by atoms with E-state index in [-0.39, 0.29) is 17.6 Å². The second-order valence-corrected chi connectivity index (χ2v) is 8.17. The minimum atomic E-state index is -5.34. The smallest absolute Gasteiger partial charge is 0.320 e. The van der Waals surface area contributed by atoms with Crippen LogP contribution in [0.1, 0.15) is 19.1 Å². The molecule has 0 bridgehead atoms. The molecule has 4 N–H and O–H groups in total. The van der Waals surface area contributed by atoms with Crippen molar-refractivity contribution in [2.24, 2.45) is 0 Å². The van der Waals surface area contributed by atoms with E-state index >= 15 is 0 Å². The van der Waals surface area contributed by atoms with Gasteiger partial charge in [-0.25, -0.2) is 13.5 Å². The summed E-state index contributed by atoms with van der Waals surface area (Å²) in [5.41, 5.74) is -1.06. The van der Waals surface area contributed by atoms with Crippen molar-refractivity contribution >= 4 is 27.9 Å². The zero-order valence-corrected chi connectivity index (χ0v) is 14.7. The minimum Gasteiger partial charge on any atom is -0.320 e. The number of hydrogen-bond acceptors (Lipinski definition) is 7. The number of H-pyrrole nitrogens is 1. The number of aromatic amines is 1. The highest BCUT2D eigenvalue weighted by Crippen LogP contribution is 2.58. The third kappa shape index (κ3) is 5.58. The van der Waals surface area contributed by atoms with Gasteiger partial charge >= 0.3 is 15.6 Å². The maximum atomic E-state index is 14.5. The van der Waals surface area contributed by atoms with Gasteiger partial charge in [0.15, 0.2) is 4.77 Å². The monoisotopic (exact) mass is 424 g/mol. The molecule has 2 heterocycles. The Kier molecular flexibility index (Phi) is 5.79. The molecule has 1 aromatic rings. The molecule has 1 aliphatic rings. The predicted octanol–water partition coefficient (Wildman–Crippen LogP) is 1.25. The molecule has 25 heavy (non-hydrogen) atoms. The van der Waals surface area contributed by atoms with E-state index in [1.807, 2.05) is 4.98 Å². The molecular weight excluding hydrogens is 412 g/mol. The van der Waals surface area contributed by atoms with Crippen molar-refractivity contribution in [2.45, 2.75) is 24.9 Å². The normalized spacial score (nSPS) is 26.5. The Bertz CT molecular complexity index is 869. The van der Waals surface area contributed by atoms with Crippen LogP contribution in [-0.4, -0.2) is 36.7 Å². The van der Waals surface area contributed by atoms with Crippen LogP contribution in [0.4, 0.5) is 8.78 Å². The molecule has 0 spiro atoms. The zero-order valence-electron chi connectivity index (χ0n) is 12.1. The van der Waals surface area contributed by atoms with Crippen molar-refractivity contribution in [3.05, 3.63) is 27.1 Å². The largest absolute Gasteiger partial charge is 0.481 e. The van der Waals surface area contributed by atoms with Crippen LogP contribution in [0.2, 0.25) is 0 Å². The molecule has 0 radical (unpaired) electrons. The van der Waals surface area contributed by atoms with E-state index in [0.29, 0.717) is 6.20 Å². The van der Waals surface area contributed by atoms with Crippen LogP contribution in [0.25, 0.3) is 0 Å². The van der Waals surface area contributed by atoms with Gasteiger partial charge in [-0.05, 0) is 18.6 Å². The summed E-state index contributed by atoms with van der Waals surface area (Å²) in [5.74, 6) is -3.82. The Morgan fingerprint density at radius 3 is 2.72 bits per heavy atom. The molecule has 1 fully saturated rings. The molecule has 1 aliphatic heterocycles. The molecule has 1 saturated heterocycles. The predicted molar refractivity (Wildman–Crippen MR) is 77.9 cm³/mol. The lowest BCUT2D eigenvalue weighted by atomic mass is 10.2. The Morgan fingerprint density at radius 1 is 1.48 bits per heavy atom. The van der Waals surface area contributed by atoms with Gasteiger partial charge in [0, 0.05) is 6.42 Å². The maximum absolute atomic E-state index is 14.5. The van der Waals surface area contributed by atoms with Gasteiger partial charge in [-0.3, -0.25) is 18.9 Å². The van der Waals surface area contributed by atoms with E-state index in [0.717, 1.165) is 4.57 Å². The molecule has 1 unspecified atom stereocenters. The Morgan fingerprint density at radius 2 is 2.12 bits per heavy atom. The van der Waals surface area contributed by atoms with Gasteiger partial charge in [-0.15, -0.1) is 0 Å². The molecule has 3 atom stereocenters. The second kappa shape index (κ2) is 7.06. The number of rotatable bonds is 6. The molecule has 0 amide bonds. The van der Waals surface area contributed by atoms with E-state index in [4.69, 9.17) is 31.6 Å². The summed E-state index contributed by atoms with van der Waals surface area (Å²) in [4.78, 5) is 39.1. The summed E-state index contributed by atoms with van der Waals surface area (Å²) in [5, 5.41) is 0. The fourth-order valence-corrected chi connectivity index (χ4v) is 3.90. The van der Waals surface area contributed by atoms with Crippen LogP contribution in [-0.2, 0) is 22.7 Å². The highest BCUT2D eigenvalue weighted by Gasteiger charge is 2.45. The average Bonchev–Trinajstić information content (AvgIpc) is 2.81. The maximum Gasteiger partial charge on any atom is 0.481 e. The second-order valence-electron chi connectivity index (χ2n) is 4.95. The molecule has 1 aromatic heterocycles. The Hall–Kier alpha value is -0.820. The summed E-state index contributed by atoms with van der Waals surface area (Å²) < 4.78 is 63.0. The quantitative estimate of drug-likeness (QED) is 0.386. The third-order valence-electron chi connectivity index (χ3n) is 3.00. The first kappa shape index (κ1) is 20.5. The van der Waals surface area contributed by atoms with Crippen molar-refractivity contribution in [2.75, 3.05) is 6.61 Å². The lowest BCUT2D eigenvalue weighted by molar-refractivity contribution is -0.174. The highest BCUT2D eigenvalue weighted by atomic mass is 32.1. The standard InChI is InChI=1S/C9H12F2N2O9P2S/c10-5-3-13(8(25)12-7(5)14)6-1-2-9(11,21-6)4-20-24(18,19)22-23(15,16)17/h3,6H,1-2,4H2,(H,18,19)(H,12,14,25)(H2,15,16,17)/t6-,9+/m1/s1. The first-order chi connectivity index (χ1) is 11.3. The average molecular weight is 424 g/mol. The van der Waals surface area contributed by atoms with Gasteiger partial charge < -0.3 is 19.4 Å². The molecule has 11 nitrogen and oxygen atoms in total. The van der Waals surface area contributed by atoms with Crippen molar-refractivity contribution in [3.8, 4) is 0 Å². The van der Waals surface area contributed by atoms with E-state index in [1.165, 1.54) is 0 Å². The summed E-state index contributed by atoms with van der Waals surface area (Å²) in [6, 6.07) is 0. The van der Waals surface area contributed by atoms with Gasteiger partial charge in [0.2, 0.25) is 11.7 Å². The zero-order chi connectivity index (χ0) is 19.0. The number of phosphoric acid groups is 2. The summed E-state index contributed by atoms with van der Waals surface area (Å²) >= 11 is 4.81. The molecule has 16 heteroatoms. The van der Waals surface area contributed by atoms with Crippen molar-refractivity contribution in [3.63, 3.8) is 0 Å². The molecule has 142 valence electrons. The number of alkyl halides is 1. The number of phosphoric ester groups is 1. The van der Waals surface area contributed by atoms with Crippen molar-refractivity contribution < 1.29 is 46.2 Å². The van der Waals surface area contributed by atoms with Crippen LogP contribution in [0.5, 0.6) is 0 Å². The summed E-state index contributed by atoms with van der Waals surface area (Å²) in [6.07, 6.45) is -0.870. The van der Waals surface area contributed by atoms with Gasteiger partial charge in [0.25, 0.3) is 5.56 Å². The lowest BCUT2D eigenvalue weighted by Crippen LogP contribution is -2.29. The summed E-state index contributed by atoms with van der Waals surface area (Å²) in [6.45, 7) is -1.20. The first-order valence-electron chi connectivity index (χ1n) is 6.42. The number of nitrogens with one attached hydrogen (secondary N) is 1. The van der Waals surface area contributed by atoms with Crippen LogP contribution in [0.15, 0.2) is 11.0 Å². The fourth-order valence-electron chi connectivity index (χ4n) is 2.01. The number of nitrogens with zero attached hydrogens (tertiary/aromatic N) is 1. The third-order valence-corrected chi connectivity index (χ3v) is 5.44. The number of ether oxygens (including phenoxy) is 1. The van der Waals surface area contributed by atoms with Gasteiger partial charge in [-0.1, -0.05) is 0 Å². The van der Waals surface area contributed by atoms with Crippen molar-refractivity contribution in [1.29, 1.82) is 0 Å². The van der Waals surface area contributed by atoms with Crippen LogP contribution < -0.4 is 5.56 Å². The molecule has 0 aromatic carbocycles. The fraction of sp³-hybridized carbons (Fsp3) is 0.556. The number of halogens is 2. The van der Waals surface area contributed by atoms with Crippen molar-refractivity contribution in [1.82, 2.24) is 9.55 Å². The molecule has 2 rings (SSSR count). The van der Waals surface area contributed by atoms with Gasteiger partial charge in [-0.2, -0.15) is 8.70 Å². The SMILES string of the molecule is O=c1[nH]c(=S)n([C@H]2CC[C@@](F)(COP(=O)(O)OP(=O)(O)O)O2)cc1F. The van der Waals surface area contributed by atoms with Crippen LogP contribution in [0.3, 0.4) is 0 Å². The topological polar surface area (TPSA) is 160 Å². The van der Waals surface area contributed by atoms with E-state index < -0.39 is 45.7 Å². The molecule has 0 saturated carbocycles. The van der Waals surface area contributed by atoms with E-state index in [1.54, 1.807) is 0 Å². The minimum absolute atomic E-state index is 0.0608. The van der Waals surface area contributed by atoms with Gasteiger partial charge in [0.1, 0.15) is 12.8 Å². The van der Waals surface area contributed by atoms with E-state index in [9.17, 15) is 22.7 Å². The molecule has 0 aliphatic carbocycles. The first-order valence-corrected chi connectivity index (χ1v) is 9.86. The summed E-state index contributed by atoms with van der Waals surface area (Å²) in [7, 11) is -10.6. The van der Waals surface area contributed by atoms with Gasteiger partial charge in [0.05, 0.1) is 6.20 Å². The van der Waals surface area contributed by atoms with Crippen LogP contribution >= 0.6 is 27.9 Å². The lowest BCUT2D eigenvalue weighted by Gasteiger charge is -2.22. The van der Waals surface area contributed by atoms with Crippen LogP contribution in [0, 0.1) is 10.6 Å². The highest BCUT2D eigenvalue weighted by molar-refractivity contribution is 7.71. The van der Waals surface area contributed by atoms with E-state index in [2.05, 4.69) is 8.83 Å². The molecular formula is C9H12F2N2O9P2S. The number of aromatic nitrogens is 2.